The minimum Gasteiger partial charge on any atom is -0.306 e. The summed E-state index contributed by atoms with van der Waals surface area (Å²) in [4.78, 5) is 14.3. The largest absolute Gasteiger partial charge is 0.306 e. The standard InChI is InChI=1S/C51H33N5/c1-3-10-37(11-4-1)50-44-32-43-41(31-47(44)56(51(50)38-12-5-2-6-13-38)49-16-9-14-45(53-49)36-25-27-52-28-26-36)22-21-40-30-39(23-24-42(40)43)34-17-19-35(20-18-34)46-33-55-29-8-7-15-48(55)54-46/h1-33H. The molecule has 0 atom stereocenters. The van der Waals surface area contributed by atoms with Crippen molar-refractivity contribution in [2.24, 2.45) is 0 Å². The van der Waals surface area contributed by atoms with Crippen LogP contribution >= 0.6 is 0 Å². The molecule has 0 saturated heterocycles. The van der Waals surface area contributed by atoms with Gasteiger partial charge in [0.05, 0.1) is 22.6 Å². The summed E-state index contributed by atoms with van der Waals surface area (Å²) in [6.45, 7) is 0. The molecule has 262 valence electrons. The first kappa shape index (κ1) is 31.9. The van der Waals surface area contributed by atoms with Gasteiger partial charge in [-0.1, -0.05) is 121 Å². The monoisotopic (exact) mass is 715 g/mol. The van der Waals surface area contributed by atoms with Crippen LogP contribution in [0.3, 0.4) is 0 Å². The van der Waals surface area contributed by atoms with Crippen LogP contribution in [0.5, 0.6) is 0 Å². The molecule has 0 aliphatic carbocycles. The maximum atomic E-state index is 5.29. The van der Waals surface area contributed by atoms with Crippen LogP contribution in [-0.4, -0.2) is 23.9 Å². The van der Waals surface area contributed by atoms with Crippen LogP contribution in [0.25, 0.3) is 99.9 Å². The van der Waals surface area contributed by atoms with Gasteiger partial charge in [-0.05, 0) is 98.4 Å². The van der Waals surface area contributed by atoms with Gasteiger partial charge in [-0.2, -0.15) is 0 Å². The molecule has 5 nitrogen and oxygen atoms in total. The van der Waals surface area contributed by atoms with Crippen LogP contribution in [0.15, 0.2) is 201 Å². The minimum atomic E-state index is 0.863. The van der Waals surface area contributed by atoms with Crippen molar-refractivity contribution in [3.05, 3.63) is 201 Å². The van der Waals surface area contributed by atoms with Gasteiger partial charge in [-0.15, -0.1) is 0 Å². The summed E-state index contributed by atoms with van der Waals surface area (Å²) >= 11 is 0. The first-order valence-corrected chi connectivity index (χ1v) is 18.8. The fraction of sp³-hybridized carbons (Fsp3) is 0. The van der Waals surface area contributed by atoms with Gasteiger partial charge in [-0.3, -0.25) is 9.55 Å². The number of benzene rings is 6. The average Bonchev–Trinajstić information content (AvgIpc) is 3.86. The number of hydrogen-bond acceptors (Lipinski definition) is 3. The number of imidazole rings is 1. The lowest BCUT2D eigenvalue weighted by molar-refractivity contribution is 1.05. The van der Waals surface area contributed by atoms with Gasteiger partial charge in [0, 0.05) is 46.9 Å². The van der Waals surface area contributed by atoms with Crippen molar-refractivity contribution in [1.82, 2.24) is 23.9 Å². The second kappa shape index (κ2) is 13.0. The third-order valence-corrected chi connectivity index (χ3v) is 10.8. The van der Waals surface area contributed by atoms with E-state index in [2.05, 4.69) is 166 Å². The van der Waals surface area contributed by atoms with E-state index in [4.69, 9.17) is 9.97 Å². The molecule has 0 N–H and O–H groups in total. The minimum absolute atomic E-state index is 0.863. The van der Waals surface area contributed by atoms with E-state index in [0.717, 1.165) is 56.3 Å². The van der Waals surface area contributed by atoms with E-state index in [1.165, 1.54) is 43.6 Å². The third kappa shape index (κ3) is 5.37. The van der Waals surface area contributed by atoms with Crippen molar-refractivity contribution in [3.8, 4) is 61.8 Å². The Morgan fingerprint density at radius 3 is 1.89 bits per heavy atom. The molecular weight excluding hydrogens is 683 g/mol. The van der Waals surface area contributed by atoms with Gasteiger partial charge in [0.25, 0.3) is 0 Å². The van der Waals surface area contributed by atoms with Crippen molar-refractivity contribution in [1.29, 1.82) is 0 Å². The molecule has 0 bridgehead atoms. The third-order valence-electron chi connectivity index (χ3n) is 10.8. The number of fused-ring (bicyclic) bond motifs is 5. The molecule has 0 amide bonds. The molecule has 0 spiro atoms. The van der Waals surface area contributed by atoms with E-state index in [-0.39, 0.29) is 0 Å². The first-order valence-electron chi connectivity index (χ1n) is 18.8. The Bertz CT molecular complexity index is 3190. The van der Waals surface area contributed by atoms with Gasteiger partial charge in [-0.25, -0.2) is 9.97 Å². The Hall–Kier alpha value is -7.63. The van der Waals surface area contributed by atoms with Gasteiger partial charge in [0.1, 0.15) is 11.5 Å². The molecule has 0 radical (unpaired) electrons. The molecular formula is C51H33N5. The van der Waals surface area contributed by atoms with E-state index >= 15 is 0 Å². The zero-order valence-electron chi connectivity index (χ0n) is 30.3. The molecule has 0 aliphatic heterocycles. The summed E-state index contributed by atoms with van der Waals surface area (Å²) in [6.07, 6.45) is 7.75. The first-order chi connectivity index (χ1) is 27.7. The fourth-order valence-corrected chi connectivity index (χ4v) is 8.17. The highest BCUT2D eigenvalue weighted by Gasteiger charge is 2.23. The average molecular weight is 716 g/mol. The van der Waals surface area contributed by atoms with Crippen molar-refractivity contribution in [2.45, 2.75) is 0 Å². The second-order valence-electron chi connectivity index (χ2n) is 14.2. The molecule has 5 aromatic heterocycles. The van der Waals surface area contributed by atoms with Crippen molar-refractivity contribution in [3.63, 3.8) is 0 Å². The van der Waals surface area contributed by atoms with Gasteiger partial charge < -0.3 is 4.40 Å². The summed E-state index contributed by atoms with van der Waals surface area (Å²) in [5, 5.41) is 6.00. The Balaban J connectivity index is 1.10. The molecule has 6 aromatic carbocycles. The normalized spacial score (nSPS) is 11.6. The lowest BCUT2D eigenvalue weighted by atomic mass is 9.94. The Labute approximate surface area is 323 Å². The molecule has 5 heterocycles. The van der Waals surface area contributed by atoms with E-state index in [0.29, 0.717) is 0 Å². The second-order valence-corrected chi connectivity index (χ2v) is 14.2. The van der Waals surface area contributed by atoms with Crippen LogP contribution in [0.1, 0.15) is 0 Å². The predicted molar refractivity (Wildman–Crippen MR) is 230 cm³/mol. The Morgan fingerprint density at radius 2 is 1.11 bits per heavy atom. The fourth-order valence-electron chi connectivity index (χ4n) is 8.17. The van der Waals surface area contributed by atoms with E-state index in [9.17, 15) is 0 Å². The van der Waals surface area contributed by atoms with Crippen LogP contribution in [0, 0.1) is 0 Å². The van der Waals surface area contributed by atoms with E-state index < -0.39 is 0 Å². The maximum Gasteiger partial charge on any atom is 0.138 e. The number of pyridine rings is 3. The summed E-state index contributed by atoms with van der Waals surface area (Å²) in [5.41, 5.74) is 13.0. The highest BCUT2D eigenvalue weighted by molar-refractivity contribution is 6.17. The molecule has 56 heavy (non-hydrogen) atoms. The molecule has 11 aromatic rings. The number of hydrogen-bond donors (Lipinski definition) is 0. The summed E-state index contributed by atoms with van der Waals surface area (Å²) in [5.74, 6) is 0.863. The molecule has 0 saturated carbocycles. The molecule has 0 aliphatic rings. The lowest BCUT2D eigenvalue weighted by Gasteiger charge is -2.14. The van der Waals surface area contributed by atoms with Gasteiger partial charge in [0.2, 0.25) is 0 Å². The zero-order valence-corrected chi connectivity index (χ0v) is 30.3. The Morgan fingerprint density at radius 1 is 0.411 bits per heavy atom. The molecule has 11 rings (SSSR count). The van der Waals surface area contributed by atoms with E-state index in [1.807, 2.05) is 48.9 Å². The van der Waals surface area contributed by atoms with Gasteiger partial charge >= 0.3 is 0 Å². The molecule has 0 fully saturated rings. The molecule has 0 unspecified atom stereocenters. The van der Waals surface area contributed by atoms with Crippen LogP contribution in [-0.2, 0) is 0 Å². The summed E-state index contributed by atoms with van der Waals surface area (Å²) in [6, 6.07) is 62.6. The highest BCUT2D eigenvalue weighted by Crippen LogP contribution is 2.45. The van der Waals surface area contributed by atoms with Gasteiger partial charge in [0.15, 0.2) is 0 Å². The maximum absolute atomic E-state index is 5.29. The van der Waals surface area contributed by atoms with Crippen LogP contribution in [0.4, 0.5) is 0 Å². The number of rotatable bonds is 6. The van der Waals surface area contributed by atoms with E-state index in [1.54, 1.807) is 0 Å². The quantitative estimate of drug-likeness (QED) is 0.161. The summed E-state index contributed by atoms with van der Waals surface area (Å²) in [7, 11) is 0. The number of aromatic nitrogens is 5. The predicted octanol–water partition coefficient (Wildman–Crippen LogP) is 12.7. The van der Waals surface area contributed by atoms with Crippen molar-refractivity contribution >= 4 is 38.1 Å². The van der Waals surface area contributed by atoms with Crippen molar-refractivity contribution in [2.75, 3.05) is 0 Å². The summed E-state index contributed by atoms with van der Waals surface area (Å²) < 4.78 is 4.41. The zero-order chi connectivity index (χ0) is 37.0. The topological polar surface area (TPSA) is 48.0 Å². The van der Waals surface area contributed by atoms with Crippen molar-refractivity contribution < 1.29 is 0 Å². The molecule has 5 heteroatoms. The SMILES string of the molecule is c1ccc(-c2c(-c3ccccc3)n(-c3cccc(-c4ccncc4)n3)c3cc4ccc5cc(-c6ccc(-c7cn8ccccc8n7)cc6)ccc5c4cc23)cc1. The van der Waals surface area contributed by atoms with Crippen LogP contribution in [0.2, 0.25) is 0 Å². The lowest BCUT2D eigenvalue weighted by Crippen LogP contribution is -2.01. The Kier molecular flexibility index (Phi) is 7.42. The smallest absolute Gasteiger partial charge is 0.138 e. The van der Waals surface area contributed by atoms with Crippen LogP contribution < -0.4 is 0 Å². The number of nitrogens with zero attached hydrogens (tertiary/aromatic N) is 5. The highest BCUT2D eigenvalue weighted by atomic mass is 15.1.